The molecule has 34 heavy (non-hydrogen) atoms. The van der Waals surface area contributed by atoms with E-state index in [9.17, 15) is 0 Å². The van der Waals surface area contributed by atoms with E-state index in [4.69, 9.17) is 25.7 Å². The number of pyridine rings is 1. The number of nitrogens with zero attached hydrogens (tertiary/aromatic N) is 1. The molecule has 0 aromatic carbocycles. The fraction of sp³-hybridized carbons (Fsp3) is 0.581. The van der Waals surface area contributed by atoms with Gasteiger partial charge in [-0.3, -0.25) is 10.3 Å². The van der Waals surface area contributed by atoms with Gasteiger partial charge in [0.1, 0.15) is 0 Å². The maximum Gasteiger partial charge on any atom is 0.0744 e. The van der Waals surface area contributed by atoms with Crippen LogP contribution in [0, 0.1) is 54.8 Å². The van der Waals surface area contributed by atoms with Gasteiger partial charge in [0.15, 0.2) is 0 Å². The van der Waals surface area contributed by atoms with E-state index in [-0.39, 0.29) is 16.5 Å². The van der Waals surface area contributed by atoms with E-state index in [1.807, 2.05) is 52.9 Å². The van der Waals surface area contributed by atoms with Crippen LogP contribution in [0.2, 0.25) is 0 Å². The molecule has 0 spiro atoms. The van der Waals surface area contributed by atoms with Crippen LogP contribution in [-0.4, -0.2) is 23.1 Å². The Balaban J connectivity index is -0.000000403. The number of hydrogen-bond acceptors (Lipinski definition) is 3. The summed E-state index contributed by atoms with van der Waals surface area (Å²) in [6.45, 7) is 17.0. The molecule has 0 saturated carbocycles. The highest BCUT2D eigenvalue weighted by Crippen LogP contribution is 2.21. The molecule has 0 radical (unpaired) electrons. The molecule has 0 unspecified atom stereocenters. The van der Waals surface area contributed by atoms with Gasteiger partial charge in [0.05, 0.1) is 16.8 Å². The Morgan fingerprint density at radius 1 is 0.853 bits per heavy atom. The summed E-state index contributed by atoms with van der Waals surface area (Å²) in [5.41, 5.74) is 0.721. The quantitative estimate of drug-likeness (QED) is 0.435. The number of terminal acetylenes is 4. The van der Waals surface area contributed by atoms with Crippen LogP contribution in [0.3, 0.4) is 0 Å². The minimum absolute atomic E-state index is 0.121. The van der Waals surface area contributed by atoms with Gasteiger partial charge in [-0.05, 0) is 73.6 Å². The predicted molar refractivity (Wildman–Crippen MR) is 152 cm³/mol. The molecule has 0 amide bonds. The Bertz CT molecular complexity index is 775. The summed E-state index contributed by atoms with van der Waals surface area (Å²) in [7, 11) is 1.85. The highest BCUT2D eigenvalue weighted by Gasteiger charge is 2.12. The minimum atomic E-state index is -0.266. The van der Waals surface area contributed by atoms with E-state index in [0.717, 1.165) is 25.0 Å². The molecule has 0 atom stereocenters. The zero-order chi connectivity index (χ0) is 27.1. The van der Waals surface area contributed by atoms with E-state index < -0.39 is 0 Å². The summed E-state index contributed by atoms with van der Waals surface area (Å²) in [6.07, 6.45) is 28.1. The lowest BCUT2D eigenvalue weighted by Gasteiger charge is -2.18. The molecule has 0 aliphatic heterocycles. The van der Waals surface area contributed by atoms with E-state index in [1.165, 1.54) is 12.8 Å². The molecule has 3 heteroatoms. The lowest BCUT2D eigenvalue weighted by Crippen LogP contribution is -2.37. The monoisotopic (exact) mass is 463 g/mol. The first-order valence-corrected chi connectivity index (χ1v) is 12.0. The molecule has 0 bridgehead atoms. The molecular weight excluding hydrogens is 414 g/mol. The van der Waals surface area contributed by atoms with Crippen molar-refractivity contribution >= 4 is 0 Å². The Labute approximate surface area is 212 Å². The number of aromatic nitrogens is 1. The molecule has 2 N–H and O–H groups in total. The maximum absolute atomic E-state index is 5.34. The molecule has 3 nitrogen and oxygen atoms in total. The second-order valence-electron chi connectivity index (χ2n) is 9.55. The van der Waals surface area contributed by atoms with Crippen LogP contribution < -0.4 is 10.6 Å². The molecule has 1 rings (SSSR count). The summed E-state index contributed by atoms with van der Waals surface area (Å²) in [6, 6.07) is 5.84. The number of unbranched alkanes of at least 4 members (excludes halogenated alkanes) is 2. The Morgan fingerprint density at radius 2 is 1.44 bits per heavy atom. The van der Waals surface area contributed by atoms with Crippen molar-refractivity contribution < 1.29 is 0 Å². The van der Waals surface area contributed by atoms with E-state index in [2.05, 4.69) is 67.0 Å². The number of rotatable bonds is 8. The highest BCUT2D eigenvalue weighted by molar-refractivity contribution is 5.10. The molecule has 1 aromatic rings. The molecular formula is C31H49N3. The van der Waals surface area contributed by atoms with Gasteiger partial charge in [0, 0.05) is 24.6 Å². The zero-order valence-electron chi connectivity index (χ0n) is 23.3. The normalized spacial score (nSPS) is 10.1. The zero-order valence-corrected chi connectivity index (χ0v) is 23.3. The molecule has 1 aromatic heterocycles. The first-order chi connectivity index (χ1) is 15.8. The smallest absolute Gasteiger partial charge is 0.0744 e. The van der Waals surface area contributed by atoms with Gasteiger partial charge < -0.3 is 5.32 Å². The number of hydrogen-bond donors (Lipinski definition) is 2. The van der Waals surface area contributed by atoms with Crippen molar-refractivity contribution in [2.24, 2.45) is 5.41 Å². The van der Waals surface area contributed by atoms with Gasteiger partial charge in [-0.25, -0.2) is 0 Å². The first kappa shape index (κ1) is 35.9. The molecule has 188 valence electrons. The van der Waals surface area contributed by atoms with Crippen LogP contribution in [0.15, 0.2) is 24.4 Å². The SMILES string of the molecule is C#CC(C)(C)CCCC.C#CC(C)(C)NC.C#CC(C)(C)NCc1ccccn1.C#CCCC. The maximum atomic E-state index is 5.34. The van der Waals surface area contributed by atoms with Crippen LogP contribution in [0.5, 0.6) is 0 Å². The third kappa shape index (κ3) is 25.6. The molecule has 0 saturated heterocycles. The van der Waals surface area contributed by atoms with Crippen molar-refractivity contribution in [1.29, 1.82) is 0 Å². The predicted octanol–water partition coefficient (Wildman–Crippen LogP) is 6.46. The van der Waals surface area contributed by atoms with Crippen molar-refractivity contribution in [1.82, 2.24) is 15.6 Å². The first-order valence-electron chi connectivity index (χ1n) is 12.0. The van der Waals surface area contributed by atoms with Crippen molar-refractivity contribution in [3.8, 4) is 49.4 Å². The fourth-order valence-corrected chi connectivity index (χ4v) is 1.77. The lowest BCUT2D eigenvalue weighted by molar-refractivity contribution is 0.438. The second kappa shape index (κ2) is 20.9. The third-order valence-corrected chi connectivity index (χ3v) is 4.72. The van der Waals surface area contributed by atoms with E-state index in [0.29, 0.717) is 6.54 Å². The average molecular weight is 464 g/mol. The van der Waals surface area contributed by atoms with Crippen molar-refractivity contribution in [2.75, 3.05) is 7.05 Å². The lowest BCUT2D eigenvalue weighted by atomic mass is 9.89. The summed E-state index contributed by atoms with van der Waals surface area (Å²) in [4.78, 5) is 4.19. The van der Waals surface area contributed by atoms with Crippen LogP contribution in [0.4, 0.5) is 0 Å². The van der Waals surface area contributed by atoms with Crippen LogP contribution in [0.25, 0.3) is 0 Å². The third-order valence-electron chi connectivity index (χ3n) is 4.72. The summed E-state index contributed by atoms with van der Waals surface area (Å²) < 4.78 is 0. The number of nitrogens with one attached hydrogen (secondary N) is 2. The van der Waals surface area contributed by atoms with Gasteiger partial charge in [-0.15, -0.1) is 37.5 Å². The van der Waals surface area contributed by atoms with Gasteiger partial charge in [-0.1, -0.05) is 44.6 Å². The Kier molecular flexibility index (Phi) is 22.0. The fourth-order valence-electron chi connectivity index (χ4n) is 1.77. The topological polar surface area (TPSA) is 37.0 Å². The Morgan fingerprint density at radius 3 is 1.74 bits per heavy atom. The average Bonchev–Trinajstić information content (AvgIpc) is 2.84. The molecule has 1 heterocycles. The largest absolute Gasteiger partial charge is 0.305 e. The van der Waals surface area contributed by atoms with Crippen molar-refractivity contribution in [3.05, 3.63) is 30.1 Å². The highest BCUT2D eigenvalue weighted by atomic mass is 15.0. The van der Waals surface area contributed by atoms with Crippen molar-refractivity contribution in [2.45, 2.75) is 105 Å². The van der Waals surface area contributed by atoms with Gasteiger partial charge in [0.2, 0.25) is 0 Å². The standard InChI is InChI=1S/C11H14N2.C9H16.C6H11N.C5H8/c1-4-11(2,3)13-9-10-7-5-6-8-12-10;1-5-7-8-9(3,4)6-2;1-5-6(2,3)7-4;1-3-5-4-2/h1,5-8,13H,9H2,2-3H3;2H,5,7-8H2,1,3-4H3;1,7H,2-4H3;1H,4-5H2,2H3. The minimum Gasteiger partial charge on any atom is -0.305 e. The molecule has 0 aliphatic carbocycles. The summed E-state index contributed by atoms with van der Waals surface area (Å²) in [5, 5.41) is 6.18. The molecule has 0 fully saturated rings. The summed E-state index contributed by atoms with van der Waals surface area (Å²) >= 11 is 0. The van der Waals surface area contributed by atoms with Gasteiger partial charge in [-0.2, -0.15) is 0 Å². The van der Waals surface area contributed by atoms with Crippen LogP contribution >= 0.6 is 0 Å². The Hall–Kier alpha value is -2.69. The van der Waals surface area contributed by atoms with Crippen LogP contribution in [-0.2, 0) is 6.54 Å². The van der Waals surface area contributed by atoms with E-state index >= 15 is 0 Å². The van der Waals surface area contributed by atoms with Crippen LogP contribution in [0.1, 0.15) is 93.2 Å². The van der Waals surface area contributed by atoms with E-state index in [1.54, 1.807) is 6.20 Å². The van der Waals surface area contributed by atoms with Gasteiger partial charge >= 0.3 is 0 Å². The van der Waals surface area contributed by atoms with Crippen molar-refractivity contribution in [3.63, 3.8) is 0 Å². The summed E-state index contributed by atoms with van der Waals surface area (Å²) in [5.74, 6) is 10.5. The molecule has 0 aliphatic rings. The second-order valence-corrected chi connectivity index (χ2v) is 9.55. The van der Waals surface area contributed by atoms with Gasteiger partial charge in [0.25, 0.3) is 0 Å².